The second-order valence-corrected chi connectivity index (χ2v) is 15.6. The van der Waals surface area contributed by atoms with Crippen molar-refractivity contribution in [2.24, 2.45) is 17.3 Å². The van der Waals surface area contributed by atoms with Crippen molar-refractivity contribution < 1.29 is 45.3 Å². The number of ether oxygens (including phenoxy) is 2. The van der Waals surface area contributed by atoms with Gasteiger partial charge in [-0.05, 0) is 35.6 Å². The zero-order valence-electron chi connectivity index (χ0n) is 18.2. The Kier molecular flexibility index (Phi) is 9.74. The summed E-state index contributed by atoms with van der Waals surface area (Å²) in [4.78, 5) is 12.8. The minimum Gasteiger partial charge on any atom is -1.00 e. The van der Waals surface area contributed by atoms with Crippen LogP contribution in [0.5, 0.6) is 11.5 Å². The standard InChI is InChI=1S/C22H19Br4NO3.Na.H/c1-21(2)17(19(23)22(24,25)26)18(21)20(28)30-16(12-27)13-7-6-10-15(11-13)29-14-8-4-3-5-9-14;;/h3-11,16-19H,1-2H3;;/q;+1;-1/t16-,17+,18-,19?;;/m0../s1. The van der Waals surface area contributed by atoms with E-state index in [0.717, 1.165) is 0 Å². The van der Waals surface area contributed by atoms with E-state index in [1.165, 1.54) is 0 Å². The Bertz CT molecular complexity index is 966. The minimum atomic E-state index is -1.01. The molecule has 160 valence electrons. The predicted molar refractivity (Wildman–Crippen MR) is 132 cm³/mol. The number of benzene rings is 2. The number of hydrogen-bond acceptors (Lipinski definition) is 4. The number of carbonyl (C=O) groups excluding carboxylic acids is 1. The molecule has 1 aliphatic rings. The second-order valence-electron chi connectivity index (χ2n) is 7.70. The van der Waals surface area contributed by atoms with Crippen molar-refractivity contribution in [1.82, 2.24) is 0 Å². The maximum absolute atomic E-state index is 12.9. The molecule has 0 bridgehead atoms. The summed E-state index contributed by atoms with van der Waals surface area (Å²) in [5.41, 5.74) is 0.310. The first-order chi connectivity index (χ1) is 14.1. The van der Waals surface area contributed by atoms with Gasteiger partial charge in [-0.15, -0.1) is 0 Å². The van der Waals surface area contributed by atoms with E-state index in [0.29, 0.717) is 17.1 Å². The van der Waals surface area contributed by atoms with Crippen molar-refractivity contribution in [3.63, 3.8) is 0 Å². The van der Waals surface area contributed by atoms with E-state index >= 15 is 0 Å². The maximum atomic E-state index is 12.9. The van der Waals surface area contributed by atoms with Crippen LogP contribution >= 0.6 is 63.7 Å². The van der Waals surface area contributed by atoms with E-state index in [-0.39, 0.29) is 59.0 Å². The summed E-state index contributed by atoms with van der Waals surface area (Å²) in [6.45, 7) is 4.04. The molecule has 4 nitrogen and oxygen atoms in total. The number of para-hydroxylation sites is 1. The summed E-state index contributed by atoms with van der Waals surface area (Å²) in [6.07, 6.45) is -1.01. The Hall–Kier alpha value is 0.120. The topological polar surface area (TPSA) is 59.3 Å². The first-order valence-electron chi connectivity index (χ1n) is 9.19. The fourth-order valence-electron chi connectivity index (χ4n) is 3.60. The van der Waals surface area contributed by atoms with Gasteiger partial charge in [-0.3, -0.25) is 4.79 Å². The van der Waals surface area contributed by atoms with Gasteiger partial charge in [0.2, 0.25) is 6.10 Å². The molecule has 31 heavy (non-hydrogen) atoms. The number of esters is 1. The average Bonchev–Trinajstić information content (AvgIpc) is 3.27. The first kappa shape index (κ1) is 27.4. The molecule has 4 atom stereocenters. The molecule has 1 aliphatic carbocycles. The number of carbonyl (C=O) groups is 1. The Balaban J connectivity index is 0.00000256. The quantitative estimate of drug-likeness (QED) is 0.254. The number of hydrogen-bond donors (Lipinski definition) is 0. The molecule has 0 spiro atoms. The van der Waals surface area contributed by atoms with E-state index in [1.54, 1.807) is 24.3 Å². The molecular formula is C22H20Br4NNaO3. The van der Waals surface area contributed by atoms with Crippen LogP contribution in [0.25, 0.3) is 0 Å². The van der Waals surface area contributed by atoms with E-state index < -0.39 is 8.25 Å². The van der Waals surface area contributed by atoms with E-state index in [1.807, 2.05) is 44.2 Å². The van der Waals surface area contributed by atoms with E-state index in [4.69, 9.17) is 9.47 Å². The van der Waals surface area contributed by atoms with Gasteiger partial charge in [-0.25, -0.2) is 0 Å². The molecular weight excluding hydrogens is 669 g/mol. The van der Waals surface area contributed by atoms with Gasteiger partial charge >= 0.3 is 35.5 Å². The van der Waals surface area contributed by atoms with Crippen molar-refractivity contribution in [2.75, 3.05) is 0 Å². The van der Waals surface area contributed by atoms with Crippen LogP contribution in [0.1, 0.15) is 26.9 Å². The van der Waals surface area contributed by atoms with Gasteiger partial charge in [-0.1, -0.05) is 108 Å². The number of alkyl halides is 4. The van der Waals surface area contributed by atoms with Crippen LogP contribution in [0, 0.1) is 28.6 Å². The second kappa shape index (κ2) is 11.0. The Morgan fingerprint density at radius 2 is 1.74 bits per heavy atom. The molecule has 0 N–H and O–H groups in total. The normalized spacial score (nSPS) is 21.1. The molecule has 3 rings (SSSR count). The van der Waals surface area contributed by atoms with Crippen LogP contribution in [-0.2, 0) is 9.53 Å². The minimum absolute atomic E-state index is 0. The smallest absolute Gasteiger partial charge is 1.00 e. The van der Waals surface area contributed by atoms with Gasteiger partial charge in [0.25, 0.3) is 0 Å². The van der Waals surface area contributed by atoms with Crippen molar-refractivity contribution in [2.45, 2.75) is 26.9 Å². The number of rotatable bonds is 6. The van der Waals surface area contributed by atoms with Gasteiger partial charge in [0.05, 0.1) is 10.7 Å². The third kappa shape index (κ3) is 6.59. The van der Waals surface area contributed by atoms with Gasteiger partial charge in [0.1, 0.15) is 19.7 Å². The van der Waals surface area contributed by atoms with Crippen LogP contribution in [0.3, 0.4) is 0 Å². The van der Waals surface area contributed by atoms with Crippen molar-refractivity contribution in [3.8, 4) is 17.6 Å². The molecule has 2 aromatic carbocycles. The summed E-state index contributed by atoms with van der Waals surface area (Å²) in [5, 5.41) is 9.65. The third-order valence-electron chi connectivity index (χ3n) is 5.28. The van der Waals surface area contributed by atoms with Gasteiger partial charge < -0.3 is 10.9 Å². The molecule has 1 fully saturated rings. The van der Waals surface area contributed by atoms with Gasteiger partial charge in [-0.2, -0.15) is 5.26 Å². The van der Waals surface area contributed by atoms with Crippen LogP contribution in [0.15, 0.2) is 54.6 Å². The third-order valence-corrected chi connectivity index (χ3v) is 9.86. The van der Waals surface area contributed by atoms with Crippen LogP contribution in [0.2, 0.25) is 0 Å². The maximum Gasteiger partial charge on any atom is 1.00 e. The fraction of sp³-hybridized carbons (Fsp3) is 0.364. The van der Waals surface area contributed by atoms with E-state index in [9.17, 15) is 10.1 Å². The average molecular weight is 689 g/mol. The zero-order chi connectivity index (χ0) is 22.1. The molecule has 0 amide bonds. The molecule has 0 aliphatic heterocycles. The SMILES string of the molecule is CC1(C)[C@H](C(=O)O[C@@H](C#N)c2cccc(Oc3ccccc3)c2)[C@@H]1C(Br)C(Br)(Br)Br.[H-].[Na+]. The van der Waals surface area contributed by atoms with Gasteiger partial charge in [0, 0.05) is 5.56 Å². The van der Waals surface area contributed by atoms with Gasteiger partial charge in [0.15, 0.2) is 0 Å². The number of nitriles is 1. The number of nitrogens with zero attached hydrogens (tertiary/aromatic N) is 1. The summed E-state index contributed by atoms with van der Waals surface area (Å²) in [6, 6.07) is 18.5. The molecule has 0 heterocycles. The van der Waals surface area contributed by atoms with E-state index in [2.05, 4.69) is 69.8 Å². The monoisotopic (exact) mass is 685 g/mol. The van der Waals surface area contributed by atoms with Crippen LogP contribution in [0.4, 0.5) is 0 Å². The Morgan fingerprint density at radius 1 is 1.13 bits per heavy atom. The number of halogens is 4. The molecule has 0 aromatic heterocycles. The van der Waals surface area contributed by atoms with Crippen molar-refractivity contribution in [1.29, 1.82) is 5.26 Å². The first-order valence-corrected chi connectivity index (χ1v) is 12.5. The molecule has 0 saturated heterocycles. The Labute approximate surface area is 239 Å². The van der Waals surface area contributed by atoms with Crippen LogP contribution in [-0.4, -0.2) is 12.9 Å². The summed E-state index contributed by atoms with van der Waals surface area (Å²) in [7, 11) is 0. The fourth-order valence-corrected chi connectivity index (χ4v) is 5.44. The molecule has 1 unspecified atom stereocenters. The van der Waals surface area contributed by atoms with Crippen molar-refractivity contribution in [3.05, 3.63) is 60.2 Å². The largest absolute Gasteiger partial charge is 1.00 e. The zero-order valence-corrected chi connectivity index (χ0v) is 25.5. The summed E-state index contributed by atoms with van der Waals surface area (Å²) in [5.74, 6) is 0.576. The summed E-state index contributed by atoms with van der Waals surface area (Å²) >= 11 is 14.2. The molecule has 1 saturated carbocycles. The van der Waals surface area contributed by atoms with Crippen LogP contribution < -0.4 is 34.3 Å². The van der Waals surface area contributed by atoms with Crippen molar-refractivity contribution >= 4 is 69.7 Å². The molecule has 9 heteroatoms. The Morgan fingerprint density at radius 3 is 2.32 bits per heavy atom. The molecule has 2 aromatic rings. The predicted octanol–water partition coefficient (Wildman–Crippen LogP) is 4.58. The summed E-state index contributed by atoms with van der Waals surface area (Å²) < 4.78 is 10.9. The molecule has 0 radical (unpaired) electrons.